The van der Waals surface area contributed by atoms with E-state index in [1.54, 1.807) is 6.20 Å². The van der Waals surface area contributed by atoms with Crippen molar-refractivity contribution in [2.24, 2.45) is 0 Å². The molecule has 158 valence electrons. The predicted molar refractivity (Wildman–Crippen MR) is 121 cm³/mol. The number of ether oxygens (including phenoxy) is 1. The Balaban J connectivity index is 1.45. The van der Waals surface area contributed by atoms with Crippen molar-refractivity contribution in [3.05, 3.63) is 132 Å². The molecule has 0 bridgehead atoms. The number of hydrogen-bond donors (Lipinski definition) is 0. The molecule has 0 aliphatic rings. The Bertz CT molecular complexity index is 1340. The van der Waals surface area contributed by atoms with E-state index in [-0.39, 0.29) is 12.6 Å². The maximum atomic E-state index is 13.9. The minimum Gasteiger partial charge on any atom is -0.489 e. The van der Waals surface area contributed by atoms with Gasteiger partial charge in [0.2, 0.25) is 0 Å². The van der Waals surface area contributed by atoms with E-state index in [2.05, 4.69) is 39.9 Å². The van der Waals surface area contributed by atoms with Crippen molar-refractivity contribution >= 4 is 10.8 Å². The Hall–Kier alpha value is -3.99. The van der Waals surface area contributed by atoms with E-state index in [0.717, 1.165) is 11.6 Å². The SMILES string of the molecule is Fc1ccc(COc2ccc(C(c3cccc4ccccc34)n3ccnc3)cc2)c(F)c1. The number of halogens is 2. The second-order valence-electron chi connectivity index (χ2n) is 7.57. The Morgan fingerprint density at radius 3 is 2.47 bits per heavy atom. The number of hydrogen-bond acceptors (Lipinski definition) is 2. The van der Waals surface area contributed by atoms with E-state index in [1.807, 2.05) is 48.9 Å². The number of imidazole rings is 1. The van der Waals surface area contributed by atoms with E-state index in [1.165, 1.54) is 28.5 Å². The zero-order valence-corrected chi connectivity index (χ0v) is 17.2. The summed E-state index contributed by atoms with van der Waals surface area (Å²) in [7, 11) is 0. The van der Waals surface area contributed by atoms with E-state index in [4.69, 9.17) is 4.74 Å². The summed E-state index contributed by atoms with van der Waals surface area (Å²) in [5.74, 6) is -0.605. The summed E-state index contributed by atoms with van der Waals surface area (Å²) in [4.78, 5) is 4.25. The third-order valence-corrected chi connectivity index (χ3v) is 5.55. The van der Waals surface area contributed by atoms with Crippen LogP contribution in [-0.4, -0.2) is 9.55 Å². The molecule has 1 unspecified atom stereocenters. The summed E-state index contributed by atoms with van der Waals surface area (Å²) in [6.45, 7) is 0.0275. The van der Waals surface area contributed by atoms with Crippen LogP contribution in [-0.2, 0) is 6.61 Å². The predicted octanol–water partition coefficient (Wildman–Crippen LogP) is 6.53. The first-order valence-electron chi connectivity index (χ1n) is 10.3. The van der Waals surface area contributed by atoms with Crippen LogP contribution < -0.4 is 4.74 Å². The van der Waals surface area contributed by atoms with Gasteiger partial charge in [0, 0.05) is 24.0 Å². The van der Waals surface area contributed by atoms with Crippen molar-refractivity contribution in [1.29, 1.82) is 0 Å². The molecule has 0 saturated carbocycles. The summed E-state index contributed by atoms with van der Waals surface area (Å²) in [6.07, 6.45) is 5.54. The molecule has 0 aliphatic carbocycles. The van der Waals surface area contributed by atoms with E-state index in [9.17, 15) is 8.78 Å². The number of fused-ring (bicyclic) bond motifs is 1. The van der Waals surface area contributed by atoms with Crippen LogP contribution in [0.2, 0.25) is 0 Å². The second-order valence-corrected chi connectivity index (χ2v) is 7.57. The van der Waals surface area contributed by atoms with Gasteiger partial charge in [-0.1, -0.05) is 54.6 Å². The van der Waals surface area contributed by atoms with Crippen LogP contribution in [0, 0.1) is 11.6 Å². The Morgan fingerprint density at radius 1 is 0.875 bits per heavy atom. The van der Waals surface area contributed by atoms with Crippen LogP contribution in [0.3, 0.4) is 0 Å². The van der Waals surface area contributed by atoms with Gasteiger partial charge in [0.1, 0.15) is 24.0 Å². The first kappa shape index (κ1) is 19.9. The van der Waals surface area contributed by atoms with Gasteiger partial charge in [0.05, 0.1) is 12.4 Å². The van der Waals surface area contributed by atoms with Crippen LogP contribution in [0.25, 0.3) is 10.8 Å². The molecule has 4 aromatic carbocycles. The summed E-state index contributed by atoms with van der Waals surface area (Å²) < 4.78 is 34.8. The van der Waals surface area contributed by atoms with Gasteiger partial charge >= 0.3 is 0 Å². The normalized spacial score (nSPS) is 12.1. The molecule has 1 heterocycles. The van der Waals surface area contributed by atoms with Gasteiger partial charge in [-0.05, 0) is 46.2 Å². The fourth-order valence-corrected chi connectivity index (χ4v) is 3.97. The third-order valence-electron chi connectivity index (χ3n) is 5.55. The Morgan fingerprint density at radius 2 is 1.69 bits per heavy atom. The number of nitrogens with zero attached hydrogens (tertiary/aromatic N) is 2. The highest BCUT2D eigenvalue weighted by molar-refractivity contribution is 5.86. The van der Waals surface area contributed by atoms with Crippen molar-refractivity contribution < 1.29 is 13.5 Å². The lowest BCUT2D eigenvalue weighted by atomic mass is 9.93. The lowest BCUT2D eigenvalue weighted by molar-refractivity contribution is 0.299. The molecule has 5 aromatic rings. The van der Waals surface area contributed by atoms with Gasteiger partial charge in [0.15, 0.2) is 0 Å². The highest BCUT2D eigenvalue weighted by Gasteiger charge is 2.18. The quantitative estimate of drug-likeness (QED) is 0.309. The molecule has 0 saturated heterocycles. The van der Waals surface area contributed by atoms with Crippen molar-refractivity contribution in [2.45, 2.75) is 12.6 Å². The Labute approximate surface area is 184 Å². The minimum absolute atomic E-state index is 0.0275. The number of benzene rings is 4. The molecule has 0 amide bonds. The molecule has 5 heteroatoms. The van der Waals surface area contributed by atoms with Crippen molar-refractivity contribution in [2.75, 3.05) is 0 Å². The summed E-state index contributed by atoms with van der Waals surface area (Å²) >= 11 is 0. The van der Waals surface area contributed by atoms with Crippen molar-refractivity contribution in [3.63, 3.8) is 0 Å². The second kappa shape index (κ2) is 8.63. The first-order chi connectivity index (χ1) is 15.7. The molecule has 0 N–H and O–H groups in total. The summed E-state index contributed by atoms with van der Waals surface area (Å²) in [5.41, 5.74) is 2.55. The summed E-state index contributed by atoms with van der Waals surface area (Å²) in [6, 6.07) is 25.8. The van der Waals surface area contributed by atoms with Gasteiger partial charge < -0.3 is 9.30 Å². The zero-order chi connectivity index (χ0) is 21.9. The van der Waals surface area contributed by atoms with Crippen LogP contribution in [0.15, 0.2) is 104 Å². The molecule has 3 nitrogen and oxygen atoms in total. The van der Waals surface area contributed by atoms with Crippen molar-refractivity contribution in [1.82, 2.24) is 9.55 Å². The minimum atomic E-state index is -0.613. The average Bonchev–Trinajstić information content (AvgIpc) is 3.34. The molecular formula is C27H20F2N2O. The van der Waals surface area contributed by atoms with Crippen LogP contribution in [0.5, 0.6) is 5.75 Å². The fraction of sp³-hybridized carbons (Fsp3) is 0.0741. The average molecular weight is 426 g/mol. The molecular weight excluding hydrogens is 406 g/mol. The maximum Gasteiger partial charge on any atom is 0.132 e. The monoisotopic (exact) mass is 426 g/mol. The lowest BCUT2D eigenvalue weighted by Gasteiger charge is -2.22. The lowest BCUT2D eigenvalue weighted by Crippen LogP contribution is -2.11. The molecule has 0 radical (unpaired) electrons. The molecule has 0 spiro atoms. The molecule has 1 atom stereocenters. The van der Waals surface area contributed by atoms with Gasteiger partial charge in [-0.3, -0.25) is 0 Å². The maximum absolute atomic E-state index is 13.9. The van der Waals surface area contributed by atoms with Gasteiger partial charge in [-0.15, -0.1) is 0 Å². The fourth-order valence-electron chi connectivity index (χ4n) is 3.97. The van der Waals surface area contributed by atoms with Gasteiger partial charge in [-0.2, -0.15) is 0 Å². The molecule has 0 fully saturated rings. The standard InChI is InChI=1S/C27H20F2N2O/c28-22-11-8-21(26(29)16-22)17-32-23-12-9-20(10-13-23)27(31-15-14-30-18-31)25-7-3-5-19-4-1-2-6-24(19)25/h1-16,18,27H,17H2. The van der Waals surface area contributed by atoms with Crippen LogP contribution in [0.1, 0.15) is 22.7 Å². The number of rotatable bonds is 6. The first-order valence-corrected chi connectivity index (χ1v) is 10.3. The van der Waals surface area contributed by atoms with Gasteiger partial charge in [-0.25, -0.2) is 13.8 Å². The van der Waals surface area contributed by atoms with E-state index < -0.39 is 11.6 Å². The van der Waals surface area contributed by atoms with E-state index >= 15 is 0 Å². The molecule has 0 aliphatic heterocycles. The number of aromatic nitrogens is 2. The highest BCUT2D eigenvalue weighted by atomic mass is 19.1. The topological polar surface area (TPSA) is 27.1 Å². The van der Waals surface area contributed by atoms with Crippen molar-refractivity contribution in [3.8, 4) is 5.75 Å². The largest absolute Gasteiger partial charge is 0.489 e. The molecule has 5 rings (SSSR count). The van der Waals surface area contributed by atoms with Gasteiger partial charge in [0.25, 0.3) is 0 Å². The van der Waals surface area contributed by atoms with E-state index in [0.29, 0.717) is 11.3 Å². The molecule has 32 heavy (non-hydrogen) atoms. The highest BCUT2D eigenvalue weighted by Crippen LogP contribution is 2.33. The smallest absolute Gasteiger partial charge is 0.132 e. The Kier molecular flexibility index (Phi) is 5.38. The molecule has 1 aromatic heterocycles. The third kappa shape index (κ3) is 3.97. The summed E-state index contributed by atoms with van der Waals surface area (Å²) in [5, 5.41) is 2.36. The zero-order valence-electron chi connectivity index (χ0n) is 17.2. The van der Waals surface area contributed by atoms with Crippen LogP contribution >= 0.6 is 0 Å². The van der Waals surface area contributed by atoms with Crippen LogP contribution in [0.4, 0.5) is 8.78 Å².